The minimum Gasteiger partial charge on any atom is -0.0622 e. The molecule has 35 heavy (non-hydrogen) atoms. The second kappa shape index (κ2) is 17.7. The van der Waals surface area contributed by atoms with E-state index in [1.54, 1.807) is 0 Å². The summed E-state index contributed by atoms with van der Waals surface area (Å²) in [7, 11) is 4.16. The van der Waals surface area contributed by atoms with Gasteiger partial charge in [-0.3, -0.25) is 0 Å². The number of benzene rings is 4. The van der Waals surface area contributed by atoms with Crippen LogP contribution in [0, 0.1) is 0 Å². The molecular weight excluding hydrogens is 571 g/mol. The summed E-state index contributed by atoms with van der Waals surface area (Å²) in [6.45, 7) is 7.80. The van der Waals surface area contributed by atoms with Gasteiger partial charge in [0.25, 0.3) is 0 Å². The van der Waals surface area contributed by atoms with Crippen LogP contribution >= 0.6 is 25.5 Å². The Morgan fingerprint density at radius 3 is 1.00 bits per heavy atom. The molecule has 0 N–H and O–H groups in total. The Bertz CT molecular complexity index is 944. The first kappa shape index (κ1) is 29.5. The standard InChI is InChI=1S/C25H22P2.C5H10.CH2.ClH.Ru/c1-5-13-22(14-6-1)26(23-15-7-2-8-16-23)21-27(24-17-9-3-10-18-24)25-19-11-4-12-20-25;1-4-5(2)3;;;/h1-20H,21H2;2,4H2,1,3H3;1H2;1H;/q;;;;+1/p-1. The first-order valence-electron chi connectivity index (χ1n) is 11.5. The van der Waals surface area contributed by atoms with E-state index in [2.05, 4.69) is 140 Å². The van der Waals surface area contributed by atoms with Crippen molar-refractivity contribution in [2.75, 3.05) is 5.90 Å². The number of rotatable bonds is 7. The molecule has 4 rings (SSSR count). The van der Waals surface area contributed by atoms with Crippen LogP contribution < -0.4 is 21.2 Å². The van der Waals surface area contributed by atoms with Gasteiger partial charge in [0.05, 0.1) is 0 Å². The van der Waals surface area contributed by atoms with Gasteiger partial charge in [0.15, 0.2) is 0 Å². The van der Waals surface area contributed by atoms with E-state index in [1.807, 2.05) is 6.92 Å². The van der Waals surface area contributed by atoms with Gasteiger partial charge in [0.2, 0.25) is 0 Å². The Hall–Kier alpha value is -1.74. The first-order chi connectivity index (χ1) is 17.1. The maximum atomic E-state index is 4.98. The zero-order chi connectivity index (χ0) is 25.3. The molecule has 0 nitrogen and oxygen atoms in total. The fourth-order valence-corrected chi connectivity index (χ4v) is 9.67. The van der Waals surface area contributed by atoms with Gasteiger partial charge < -0.3 is 0 Å². The van der Waals surface area contributed by atoms with Gasteiger partial charge in [-0.25, -0.2) is 0 Å². The molecule has 0 atom stereocenters. The van der Waals surface area contributed by atoms with Gasteiger partial charge in [-0.1, -0.05) is 134 Å². The quantitative estimate of drug-likeness (QED) is 0.115. The molecule has 0 radical (unpaired) electrons. The fraction of sp³-hybridized carbons (Fsp3) is 0.129. The van der Waals surface area contributed by atoms with Crippen LogP contribution in [0.2, 0.25) is 0 Å². The summed E-state index contributed by atoms with van der Waals surface area (Å²) >= 11 is -0.0678. The Morgan fingerprint density at radius 1 is 0.629 bits per heavy atom. The summed E-state index contributed by atoms with van der Waals surface area (Å²) in [5, 5.41) is 9.17. The smallest absolute Gasteiger partial charge is 0.00405 e. The van der Waals surface area contributed by atoms with E-state index in [-0.39, 0.29) is 15.7 Å². The SMILES string of the molecule is C=C(C)CC.[CH2]=[Ru][Cl].c1ccc(P(CP(c2ccccc2)c2ccccc2)c2ccccc2)cc1. The molecule has 0 amide bonds. The molecule has 0 fully saturated rings. The van der Waals surface area contributed by atoms with Crippen LogP contribution in [0.4, 0.5) is 0 Å². The van der Waals surface area contributed by atoms with Crippen molar-refractivity contribution >= 4 is 51.9 Å². The van der Waals surface area contributed by atoms with Crippen molar-refractivity contribution in [2.24, 2.45) is 0 Å². The van der Waals surface area contributed by atoms with Crippen LogP contribution in [0.5, 0.6) is 0 Å². The molecular formula is C31H34ClP2Ru. The Balaban J connectivity index is 0.000000473. The zero-order valence-corrected chi connectivity index (χ0v) is 24.8. The molecule has 0 aliphatic carbocycles. The molecule has 0 aliphatic heterocycles. The normalized spacial score (nSPS) is 10.1. The van der Waals surface area contributed by atoms with Crippen LogP contribution in [-0.2, 0) is 15.7 Å². The fourth-order valence-electron chi connectivity index (χ4n) is 3.20. The first-order valence-corrected chi connectivity index (χ1v) is 18.0. The maximum absolute atomic E-state index is 4.98. The molecule has 0 spiro atoms. The molecule has 0 saturated heterocycles. The van der Waals surface area contributed by atoms with Crippen LogP contribution in [0.25, 0.3) is 0 Å². The molecule has 0 unspecified atom stereocenters. The Kier molecular flexibility index (Phi) is 14.9. The van der Waals surface area contributed by atoms with Crippen molar-refractivity contribution in [2.45, 2.75) is 20.3 Å². The predicted octanol–water partition coefficient (Wildman–Crippen LogP) is 7.84. The number of halogens is 1. The molecule has 0 aromatic heterocycles. The van der Waals surface area contributed by atoms with E-state index in [0.717, 1.165) is 6.42 Å². The van der Waals surface area contributed by atoms with E-state index in [1.165, 1.54) is 32.7 Å². The third-order valence-electron chi connectivity index (χ3n) is 5.16. The molecule has 0 bridgehead atoms. The van der Waals surface area contributed by atoms with E-state index >= 15 is 0 Å². The van der Waals surface area contributed by atoms with Crippen LogP contribution in [0.1, 0.15) is 20.3 Å². The average molecular weight is 605 g/mol. The van der Waals surface area contributed by atoms with Crippen molar-refractivity contribution in [3.05, 3.63) is 133 Å². The molecule has 0 saturated carbocycles. The van der Waals surface area contributed by atoms with Crippen molar-refractivity contribution in [1.29, 1.82) is 0 Å². The Labute approximate surface area is 226 Å². The summed E-state index contributed by atoms with van der Waals surface area (Å²) in [5.41, 5.74) is 1.25. The monoisotopic (exact) mass is 605 g/mol. The van der Waals surface area contributed by atoms with Gasteiger partial charge in [0, 0.05) is 5.90 Å². The van der Waals surface area contributed by atoms with Gasteiger partial charge in [-0.15, -0.1) is 6.58 Å². The molecule has 183 valence electrons. The number of hydrogen-bond donors (Lipinski definition) is 0. The van der Waals surface area contributed by atoms with Crippen molar-refractivity contribution < 1.29 is 15.7 Å². The van der Waals surface area contributed by atoms with Gasteiger partial charge in [0.1, 0.15) is 0 Å². The molecule has 0 heterocycles. The van der Waals surface area contributed by atoms with E-state index in [4.69, 9.17) is 9.69 Å². The van der Waals surface area contributed by atoms with E-state index < -0.39 is 15.8 Å². The minimum atomic E-state index is -0.409. The summed E-state index contributed by atoms with van der Waals surface area (Å²) in [4.78, 5) is 0. The molecule has 0 aliphatic rings. The van der Waals surface area contributed by atoms with Crippen LogP contribution in [-0.4, -0.2) is 11.0 Å². The van der Waals surface area contributed by atoms with Gasteiger partial charge in [-0.2, -0.15) is 0 Å². The molecule has 4 heteroatoms. The molecule has 4 aromatic carbocycles. The predicted molar refractivity (Wildman–Crippen MR) is 161 cm³/mol. The van der Waals surface area contributed by atoms with E-state index in [9.17, 15) is 0 Å². The van der Waals surface area contributed by atoms with Gasteiger partial charge in [-0.05, 0) is 50.4 Å². The molecule has 4 aromatic rings. The summed E-state index contributed by atoms with van der Waals surface area (Å²) in [5.74, 6) is 1.17. The average Bonchev–Trinajstić information content (AvgIpc) is 2.92. The maximum Gasteiger partial charge on any atom is 0.00405 e. The largest absolute Gasteiger partial charge is 0.0622 e. The third kappa shape index (κ3) is 10.8. The van der Waals surface area contributed by atoms with Crippen molar-refractivity contribution in [3.63, 3.8) is 0 Å². The second-order valence-electron chi connectivity index (χ2n) is 7.74. The van der Waals surface area contributed by atoms with Crippen molar-refractivity contribution in [3.8, 4) is 0 Å². The summed E-state index contributed by atoms with van der Waals surface area (Å²) in [6, 6.07) is 44.1. The van der Waals surface area contributed by atoms with Crippen molar-refractivity contribution in [1.82, 2.24) is 0 Å². The zero-order valence-electron chi connectivity index (χ0n) is 20.5. The number of allylic oxidation sites excluding steroid dienone is 1. The summed E-state index contributed by atoms with van der Waals surface area (Å²) in [6.07, 6.45) is 1.11. The topological polar surface area (TPSA) is 0 Å². The van der Waals surface area contributed by atoms with Crippen LogP contribution in [0.15, 0.2) is 133 Å². The third-order valence-corrected chi connectivity index (χ3v) is 11.1. The Morgan fingerprint density at radius 2 is 0.829 bits per heavy atom. The second-order valence-corrected chi connectivity index (χ2v) is 14.2. The summed E-state index contributed by atoms with van der Waals surface area (Å²) < 4.78 is 0. The number of hydrogen-bond acceptors (Lipinski definition) is 0. The van der Waals surface area contributed by atoms with Gasteiger partial charge >= 0.3 is 30.5 Å². The van der Waals surface area contributed by atoms with Crippen LogP contribution in [0.3, 0.4) is 0 Å². The van der Waals surface area contributed by atoms with E-state index in [0.29, 0.717) is 0 Å². The minimum absolute atomic E-state index is 0.0678.